The molecule has 1 aromatic heterocycles. The van der Waals surface area contributed by atoms with Crippen molar-refractivity contribution in [1.82, 2.24) is 0 Å². The molecular weight excluding hydrogens is 242 g/mol. The molecule has 64 valence electrons. The summed E-state index contributed by atoms with van der Waals surface area (Å²) < 4.78 is 0. The minimum atomic E-state index is -0.379. The number of thiophene rings is 1. The van der Waals surface area contributed by atoms with E-state index < -0.39 is 0 Å². The summed E-state index contributed by atoms with van der Waals surface area (Å²) in [5, 5.41) is 13.0. The SMILES string of the molecule is O=[N+]([O-])c1cc(C=CCBr)cs1. The smallest absolute Gasteiger partial charge is 0.258 e. The highest BCUT2D eigenvalue weighted by Crippen LogP contribution is 2.23. The maximum atomic E-state index is 10.3. The number of hydrogen-bond donors (Lipinski definition) is 0. The predicted molar refractivity (Wildman–Crippen MR) is 53.8 cm³/mol. The van der Waals surface area contributed by atoms with Crippen LogP contribution in [0.25, 0.3) is 6.08 Å². The van der Waals surface area contributed by atoms with Gasteiger partial charge in [0.25, 0.3) is 0 Å². The molecule has 3 nitrogen and oxygen atoms in total. The standard InChI is InChI=1S/C7H6BrNO2S/c8-3-1-2-6-4-7(9(10)11)12-5-6/h1-2,4-5H,3H2. The quantitative estimate of drug-likeness (QED) is 0.468. The van der Waals surface area contributed by atoms with Crippen LogP contribution in [-0.4, -0.2) is 10.3 Å². The Morgan fingerprint density at radius 3 is 3.00 bits per heavy atom. The molecule has 0 N–H and O–H groups in total. The van der Waals surface area contributed by atoms with Gasteiger partial charge in [0, 0.05) is 16.8 Å². The molecule has 0 saturated heterocycles. The van der Waals surface area contributed by atoms with Crippen molar-refractivity contribution in [3.8, 4) is 0 Å². The minimum absolute atomic E-state index is 0.184. The molecular formula is C7H6BrNO2S. The third kappa shape index (κ3) is 2.42. The van der Waals surface area contributed by atoms with Crippen molar-refractivity contribution < 1.29 is 4.92 Å². The van der Waals surface area contributed by atoms with E-state index in [-0.39, 0.29) is 9.92 Å². The third-order valence-electron chi connectivity index (χ3n) is 1.19. The van der Waals surface area contributed by atoms with Crippen LogP contribution in [0.1, 0.15) is 5.56 Å². The Kier molecular flexibility index (Phi) is 3.43. The van der Waals surface area contributed by atoms with E-state index in [1.54, 1.807) is 11.4 Å². The first-order valence-corrected chi connectivity index (χ1v) is 5.19. The van der Waals surface area contributed by atoms with Crippen molar-refractivity contribution in [2.24, 2.45) is 0 Å². The second kappa shape index (κ2) is 4.37. The zero-order valence-corrected chi connectivity index (χ0v) is 8.47. The number of nitro groups is 1. The summed E-state index contributed by atoms with van der Waals surface area (Å²) in [5.41, 5.74) is 0.881. The topological polar surface area (TPSA) is 43.1 Å². The lowest BCUT2D eigenvalue weighted by molar-refractivity contribution is -0.380. The number of nitrogens with zero attached hydrogens (tertiary/aromatic N) is 1. The molecule has 0 aliphatic rings. The first-order chi connectivity index (χ1) is 5.74. The number of allylic oxidation sites excluding steroid dienone is 1. The average molecular weight is 248 g/mol. The van der Waals surface area contributed by atoms with E-state index in [9.17, 15) is 10.1 Å². The van der Waals surface area contributed by atoms with Crippen LogP contribution in [0, 0.1) is 10.1 Å². The van der Waals surface area contributed by atoms with Crippen LogP contribution in [-0.2, 0) is 0 Å². The van der Waals surface area contributed by atoms with Gasteiger partial charge in [0.1, 0.15) is 0 Å². The summed E-state index contributed by atoms with van der Waals surface area (Å²) in [4.78, 5) is 9.89. The normalized spacial score (nSPS) is 10.8. The molecule has 0 saturated carbocycles. The van der Waals surface area contributed by atoms with Crippen LogP contribution < -0.4 is 0 Å². The largest absolute Gasteiger partial charge is 0.324 e. The van der Waals surface area contributed by atoms with E-state index >= 15 is 0 Å². The van der Waals surface area contributed by atoms with Gasteiger partial charge in [-0.1, -0.05) is 39.4 Å². The molecule has 0 spiro atoms. The van der Waals surface area contributed by atoms with Crippen LogP contribution in [0.5, 0.6) is 0 Å². The fourth-order valence-electron chi connectivity index (χ4n) is 0.703. The Hall–Kier alpha value is -0.680. The summed E-state index contributed by atoms with van der Waals surface area (Å²) in [6.07, 6.45) is 3.74. The van der Waals surface area contributed by atoms with Crippen molar-refractivity contribution in [2.45, 2.75) is 0 Å². The highest BCUT2D eigenvalue weighted by atomic mass is 79.9. The molecule has 1 aromatic rings. The molecule has 0 radical (unpaired) electrons. The molecule has 0 aliphatic heterocycles. The Morgan fingerprint density at radius 1 is 1.75 bits per heavy atom. The maximum absolute atomic E-state index is 10.3. The van der Waals surface area contributed by atoms with Crippen molar-refractivity contribution >= 4 is 38.3 Å². The van der Waals surface area contributed by atoms with Gasteiger partial charge in [-0.2, -0.15) is 0 Å². The summed E-state index contributed by atoms with van der Waals surface area (Å²) >= 11 is 4.37. The van der Waals surface area contributed by atoms with Crippen molar-refractivity contribution in [1.29, 1.82) is 0 Å². The van der Waals surface area contributed by atoms with Crippen molar-refractivity contribution in [2.75, 3.05) is 5.33 Å². The lowest BCUT2D eigenvalue weighted by atomic mass is 10.3. The van der Waals surface area contributed by atoms with Crippen LogP contribution in [0.3, 0.4) is 0 Å². The summed E-state index contributed by atoms with van der Waals surface area (Å²) in [7, 11) is 0. The highest BCUT2D eigenvalue weighted by Gasteiger charge is 2.06. The molecule has 1 rings (SSSR count). The number of hydrogen-bond acceptors (Lipinski definition) is 3. The van der Waals surface area contributed by atoms with Gasteiger partial charge in [-0.05, 0) is 5.56 Å². The van der Waals surface area contributed by atoms with Crippen LogP contribution in [0.15, 0.2) is 17.5 Å². The van der Waals surface area contributed by atoms with Crippen molar-refractivity contribution in [3.05, 3.63) is 33.2 Å². The molecule has 0 amide bonds. The molecule has 0 unspecified atom stereocenters. The van der Waals surface area contributed by atoms with Gasteiger partial charge in [-0.15, -0.1) is 0 Å². The van der Waals surface area contributed by atoms with E-state index in [4.69, 9.17) is 0 Å². The van der Waals surface area contributed by atoms with E-state index in [0.29, 0.717) is 0 Å². The van der Waals surface area contributed by atoms with Gasteiger partial charge in [0.15, 0.2) is 0 Å². The zero-order valence-electron chi connectivity index (χ0n) is 6.07. The van der Waals surface area contributed by atoms with Gasteiger partial charge >= 0.3 is 5.00 Å². The third-order valence-corrected chi connectivity index (χ3v) is 2.46. The summed E-state index contributed by atoms with van der Waals surface area (Å²) in [5.74, 6) is 0. The lowest BCUT2D eigenvalue weighted by Crippen LogP contribution is -1.80. The van der Waals surface area contributed by atoms with E-state index in [1.807, 2.05) is 12.2 Å². The average Bonchev–Trinajstić information content (AvgIpc) is 2.48. The molecule has 5 heteroatoms. The second-order valence-electron chi connectivity index (χ2n) is 2.03. The van der Waals surface area contributed by atoms with Gasteiger partial charge in [-0.3, -0.25) is 10.1 Å². The van der Waals surface area contributed by atoms with Gasteiger partial charge < -0.3 is 0 Å². The van der Waals surface area contributed by atoms with E-state index in [1.165, 1.54) is 0 Å². The predicted octanol–water partition coefficient (Wildman–Crippen LogP) is 3.06. The Balaban J connectivity index is 2.77. The summed E-state index contributed by atoms with van der Waals surface area (Å²) in [6.45, 7) is 0. The van der Waals surface area contributed by atoms with Crippen LogP contribution in [0.2, 0.25) is 0 Å². The molecule has 12 heavy (non-hydrogen) atoms. The molecule has 0 atom stereocenters. The monoisotopic (exact) mass is 247 g/mol. The van der Waals surface area contributed by atoms with Crippen molar-refractivity contribution in [3.63, 3.8) is 0 Å². The maximum Gasteiger partial charge on any atom is 0.324 e. The van der Waals surface area contributed by atoms with Gasteiger partial charge in [0.05, 0.1) is 4.92 Å². The molecule has 0 bridgehead atoms. The summed E-state index contributed by atoms with van der Waals surface area (Å²) in [6, 6.07) is 1.56. The number of rotatable bonds is 3. The number of alkyl halides is 1. The number of halogens is 1. The Labute approximate surface area is 82.0 Å². The molecule has 0 aromatic carbocycles. The van der Waals surface area contributed by atoms with E-state index in [0.717, 1.165) is 22.2 Å². The molecule has 0 aliphatic carbocycles. The molecule has 0 fully saturated rings. The minimum Gasteiger partial charge on any atom is -0.258 e. The fourth-order valence-corrected chi connectivity index (χ4v) is 1.58. The zero-order chi connectivity index (χ0) is 8.97. The van der Waals surface area contributed by atoms with Gasteiger partial charge in [-0.25, -0.2) is 0 Å². The van der Waals surface area contributed by atoms with E-state index in [2.05, 4.69) is 15.9 Å². The Bertz CT molecular complexity index is 308. The van der Waals surface area contributed by atoms with Crippen LogP contribution >= 0.6 is 27.3 Å². The first kappa shape index (κ1) is 9.41. The Morgan fingerprint density at radius 2 is 2.50 bits per heavy atom. The second-order valence-corrected chi connectivity index (χ2v) is 3.57. The lowest BCUT2D eigenvalue weighted by Gasteiger charge is -1.80. The first-order valence-electron chi connectivity index (χ1n) is 3.19. The highest BCUT2D eigenvalue weighted by molar-refractivity contribution is 9.09. The molecule has 1 heterocycles. The van der Waals surface area contributed by atoms with Gasteiger partial charge in [0.2, 0.25) is 0 Å². The fraction of sp³-hybridized carbons (Fsp3) is 0.143. The van der Waals surface area contributed by atoms with Crippen LogP contribution in [0.4, 0.5) is 5.00 Å².